The lowest BCUT2D eigenvalue weighted by Crippen LogP contribution is -2.42. The molecule has 1 aliphatic heterocycles. The van der Waals surface area contributed by atoms with Crippen LogP contribution in [-0.4, -0.2) is 30.6 Å². The van der Waals surface area contributed by atoms with Crippen LogP contribution in [-0.2, 0) is 0 Å². The monoisotopic (exact) mass is 286 g/mol. The predicted molar refractivity (Wildman–Crippen MR) is 89.3 cm³/mol. The smallest absolute Gasteiger partial charge is 0.0475 e. The third kappa shape index (κ3) is 3.32. The molecule has 0 spiro atoms. The van der Waals surface area contributed by atoms with Crippen LogP contribution in [0.25, 0.3) is 0 Å². The van der Waals surface area contributed by atoms with E-state index < -0.39 is 0 Å². The van der Waals surface area contributed by atoms with Crippen molar-refractivity contribution >= 4 is 0 Å². The zero-order valence-electron chi connectivity index (χ0n) is 13.6. The van der Waals surface area contributed by atoms with Gasteiger partial charge in [0.25, 0.3) is 0 Å². The summed E-state index contributed by atoms with van der Waals surface area (Å²) in [6, 6.07) is 12.1. The minimum Gasteiger partial charge on any atom is -0.309 e. The van der Waals surface area contributed by atoms with Gasteiger partial charge in [-0.25, -0.2) is 0 Å². The van der Waals surface area contributed by atoms with Crippen molar-refractivity contribution in [1.29, 1.82) is 0 Å². The highest BCUT2D eigenvalue weighted by Gasteiger charge is 2.39. The van der Waals surface area contributed by atoms with Gasteiger partial charge in [0, 0.05) is 25.2 Å². The second-order valence-corrected chi connectivity index (χ2v) is 6.99. The number of fused-ring (bicyclic) bond motifs is 1. The normalized spacial score (nSPS) is 28.5. The van der Waals surface area contributed by atoms with Gasteiger partial charge in [0.2, 0.25) is 0 Å². The summed E-state index contributed by atoms with van der Waals surface area (Å²) in [4.78, 5) is 2.74. The Balaban J connectivity index is 1.70. The van der Waals surface area contributed by atoms with Gasteiger partial charge in [-0.05, 0) is 50.1 Å². The molecule has 1 heterocycles. The molecule has 2 nitrogen and oxygen atoms in total. The van der Waals surface area contributed by atoms with Crippen molar-refractivity contribution < 1.29 is 0 Å². The van der Waals surface area contributed by atoms with Gasteiger partial charge in [0.05, 0.1) is 0 Å². The molecular weight excluding hydrogens is 256 g/mol. The van der Waals surface area contributed by atoms with Gasteiger partial charge in [-0.1, -0.05) is 43.7 Å². The van der Waals surface area contributed by atoms with Crippen LogP contribution >= 0.6 is 0 Å². The van der Waals surface area contributed by atoms with Crippen LogP contribution in [0.5, 0.6) is 0 Å². The van der Waals surface area contributed by atoms with Crippen molar-refractivity contribution in [2.45, 2.75) is 51.6 Å². The Morgan fingerprint density at radius 2 is 1.81 bits per heavy atom. The second kappa shape index (κ2) is 6.93. The van der Waals surface area contributed by atoms with E-state index in [9.17, 15) is 0 Å². The van der Waals surface area contributed by atoms with E-state index in [1.807, 2.05) is 0 Å². The Morgan fingerprint density at radius 3 is 2.43 bits per heavy atom. The predicted octanol–water partition coefficient (Wildman–Crippen LogP) is 3.85. The molecule has 1 aromatic carbocycles. The van der Waals surface area contributed by atoms with E-state index in [-0.39, 0.29) is 0 Å². The minimum absolute atomic E-state index is 0.463. The SMILES string of the molecule is CCCNC(c1ccccc1)C(C)N1CC2CCCC2C1. The molecule has 4 unspecified atom stereocenters. The largest absolute Gasteiger partial charge is 0.309 e. The molecule has 0 aromatic heterocycles. The Hall–Kier alpha value is -0.860. The summed E-state index contributed by atoms with van der Waals surface area (Å²) >= 11 is 0. The molecular formula is C19H30N2. The summed E-state index contributed by atoms with van der Waals surface area (Å²) in [6.07, 6.45) is 5.59. The van der Waals surface area contributed by atoms with Crippen LogP contribution in [0.15, 0.2) is 30.3 Å². The highest BCUT2D eigenvalue weighted by molar-refractivity contribution is 5.20. The lowest BCUT2D eigenvalue weighted by atomic mass is 9.99. The van der Waals surface area contributed by atoms with E-state index in [1.165, 1.54) is 44.3 Å². The number of hydrogen-bond donors (Lipinski definition) is 1. The summed E-state index contributed by atoms with van der Waals surface area (Å²) in [5, 5.41) is 3.79. The molecule has 0 amide bonds. The minimum atomic E-state index is 0.463. The first kappa shape index (κ1) is 15.1. The molecule has 1 aromatic rings. The lowest BCUT2D eigenvalue weighted by Gasteiger charge is -2.33. The fourth-order valence-electron chi connectivity index (χ4n) is 4.34. The maximum Gasteiger partial charge on any atom is 0.0475 e. The van der Waals surface area contributed by atoms with Crippen LogP contribution in [0, 0.1) is 11.8 Å². The second-order valence-electron chi connectivity index (χ2n) is 6.99. The van der Waals surface area contributed by atoms with Gasteiger partial charge in [-0.3, -0.25) is 4.90 Å². The van der Waals surface area contributed by atoms with Crippen LogP contribution < -0.4 is 5.32 Å². The van der Waals surface area contributed by atoms with Crippen molar-refractivity contribution in [3.63, 3.8) is 0 Å². The number of rotatable bonds is 6. The molecule has 4 atom stereocenters. The van der Waals surface area contributed by atoms with Crippen molar-refractivity contribution in [3.05, 3.63) is 35.9 Å². The van der Waals surface area contributed by atoms with Crippen molar-refractivity contribution in [3.8, 4) is 0 Å². The maximum absolute atomic E-state index is 3.79. The Morgan fingerprint density at radius 1 is 1.14 bits per heavy atom. The Bertz CT molecular complexity index is 418. The van der Waals surface area contributed by atoms with Gasteiger partial charge >= 0.3 is 0 Å². The molecule has 2 fully saturated rings. The average Bonchev–Trinajstić information content (AvgIpc) is 3.10. The molecule has 1 N–H and O–H groups in total. The zero-order valence-corrected chi connectivity index (χ0v) is 13.6. The summed E-state index contributed by atoms with van der Waals surface area (Å²) in [5.41, 5.74) is 1.44. The van der Waals surface area contributed by atoms with E-state index in [0.29, 0.717) is 12.1 Å². The molecule has 21 heavy (non-hydrogen) atoms. The fraction of sp³-hybridized carbons (Fsp3) is 0.684. The highest BCUT2D eigenvalue weighted by atomic mass is 15.2. The van der Waals surface area contributed by atoms with Gasteiger partial charge in [-0.15, -0.1) is 0 Å². The standard InChI is InChI=1S/C19H30N2/c1-3-12-20-19(16-8-5-4-6-9-16)15(2)21-13-17-10-7-11-18(17)14-21/h4-6,8-9,15,17-20H,3,7,10-14H2,1-2H3. The van der Waals surface area contributed by atoms with Crippen molar-refractivity contribution in [2.75, 3.05) is 19.6 Å². The molecule has 1 saturated carbocycles. The zero-order chi connectivity index (χ0) is 14.7. The molecule has 3 rings (SSSR count). The molecule has 0 bridgehead atoms. The quantitative estimate of drug-likeness (QED) is 0.854. The maximum atomic E-state index is 3.79. The van der Waals surface area contributed by atoms with E-state index >= 15 is 0 Å². The first-order valence-corrected chi connectivity index (χ1v) is 8.82. The van der Waals surface area contributed by atoms with E-state index in [0.717, 1.165) is 18.4 Å². The van der Waals surface area contributed by atoms with E-state index in [2.05, 4.69) is 54.4 Å². The van der Waals surface area contributed by atoms with Gasteiger partial charge in [0.15, 0.2) is 0 Å². The average molecular weight is 286 g/mol. The first-order chi connectivity index (χ1) is 10.3. The van der Waals surface area contributed by atoms with Gasteiger partial charge in [-0.2, -0.15) is 0 Å². The summed E-state index contributed by atoms with van der Waals surface area (Å²) in [6.45, 7) is 8.41. The number of nitrogens with one attached hydrogen (secondary N) is 1. The van der Waals surface area contributed by atoms with Crippen LogP contribution in [0.4, 0.5) is 0 Å². The van der Waals surface area contributed by atoms with Gasteiger partial charge in [0.1, 0.15) is 0 Å². The van der Waals surface area contributed by atoms with Crippen LogP contribution in [0.1, 0.15) is 51.1 Å². The number of nitrogens with zero attached hydrogens (tertiary/aromatic N) is 1. The summed E-state index contributed by atoms with van der Waals surface area (Å²) < 4.78 is 0. The van der Waals surface area contributed by atoms with Crippen LogP contribution in [0.3, 0.4) is 0 Å². The van der Waals surface area contributed by atoms with E-state index in [1.54, 1.807) is 0 Å². The Labute approximate surface area is 129 Å². The Kier molecular flexibility index (Phi) is 4.97. The fourth-order valence-corrected chi connectivity index (χ4v) is 4.34. The van der Waals surface area contributed by atoms with Crippen molar-refractivity contribution in [2.24, 2.45) is 11.8 Å². The summed E-state index contributed by atoms with van der Waals surface area (Å²) in [5.74, 6) is 1.96. The van der Waals surface area contributed by atoms with E-state index in [4.69, 9.17) is 0 Å². The lowest BCUT2D eigenvalue weighted by molar-refractivity contribution is 0.192. The molecule has 116 valence electrons. The number of hydrogen-bond acceptors (Lipinski definition) is 2. The number of likely N-dealkylation sites (tertiary alicyclic amines) is 1. The molecule has 1 saturated heterocycles. The van der Waals surface area contributed by atoms with Crippen LogP contribution in [0.2, 0.25) is 0 Å². The topological polar surface area (TPSA) is 15.3 Å². The molecule has 1 aliphatic carbocycles. The molecule has 0 radical (unpaired) electrons. The first-order valence-electron chi connectivity index (χ1n) is 8.82. The van der Waals surface area contributed by atoms with Gasteiger partial charge < -0.3 is 5.32 Å². The van der Waals surface area contributed by atoms with Crippen molar-refractivity contribution in [1.82, 2.24) is 10.2 Å². The molecule has 2 aliphatic rings. The summed E-state index contributed by atoms with van der Waals surface area (Å²) in [7, 11) is 0. The third-order valence-corrected chi connectivity index (χ3v) is 5.59. The number of benzene rings is 1. The third-order valence-electron chi connectivity index (χ3n) is 5.59. The highest BCUT2D eigenvalue weighted by Crippen LogP contribution is 2.39. The molecule has 2 heteroatoms.